The van der Waals surface area contributed by atoms with Gasteiger partial charge in [0, 0.05) is 25.2 Å². The van der Waals surface area contributed by atoms with Crippen LogP contribution in [0.2, 0.25) is 0 Å². The topological polar surface area (TPSA) is 262 Å². The Morgan fingerprint density at radius 3 is 1.88 bits per heavy atom. The molecule has 0 radical (unpaired) electrons. The Hall–Kier alpha value is -1.17. The van der Waals surface area contributed by atoms with E-state index in [1.807, 2.05) is 0 Å². The zero-order valence-corrected chi connectivity index (χ0v) is 38.9. The highest BCUT2D eigenvalue weighted by Gasteiger charge is 2.70. The van der Waals surface area contributed by atoms with Gasteiger partial charge in [0.15, 0.2) is 24.7 Å². The molecule has 9 rings (SSSR count). The van der Waals surface area contributed by atoms with Crippen LogP contribution < -0.4 is 0 Å². The lowest BCUT2D eigenvalue weighted by atomic mass is 9.43. The molecule has 0 bridgehead atoms. The van der Waals surface area contributed by atoms with Gasteiger partial charge in [-0.2, -0.15) is 0 Å². The van der Waals surface area contributed by atoms with Gasteiger partial charge in [0.1, 0.15) is 67.1 Å². The van der Waals surface area contributed by atoms with Crippen LogP contribution in [0.1, 0.15) is 106 Å². The highest BCUT2D eigenvalue weighted by atomic mass is 16.8. The lowest BCUT2D eigenvalue weighted by molar-refractivity contribution is -0.389. The van der Waals surface area contributed by atoms with Crippen molar-refractivity contribution in [2.75, 3.05) is 13.2 Å². The van der Waals surface area contributed by atoms with Gasteiger partial charge in [0.2, 0.25) is 0 Å². The van der Waals surface area contributed by atoms with E-state index in [1.54, 1.807) is 0 Å². The Balaban J connectivity index is 0.946. The van der Waals surface area contributed by atoms with Gasteiger partial charge in [-0.15, -0.1) is 0 Å². The molecule has 9 fully saturated rings. The molecule has 0 aromatic heterocycles. The van der Waals surface area contributed by atoms with Gasteiger partial charge >= 0.3 is 5.97 Å². The summed E-state index contributed by atoms with van der Waals surface area (Å²) in [5, 5.41) is 86.4. The van der Waals surface area contributed by atoms with E-state index in [9.17, 15) is 45.6 Å². The van der Waals surface area contributed by atoms with E-state index in [0.717, 1.165) is 51.6 Å². The first kappa shape index (κ1) is 48.8. The van der Waals surface area contributed by atoms with E-state index in [-0.39, 0.29) is 40.8 Å². The number of hydrogen-bond donors (Lipinski definition) is 8. The number of fused-ring (bicyclic) bond motifs is 7. The van der Waals surface area contributed by atoms with Gasteiger partial charge in [-0.1, -0.05) is 27.7 Å². The number of rotatable bonds is 8. The lowest BCUT2D eigenvalue weighted by Gasteiger charge is -2.63. The van der Waals surface area contributed by atoms with Crippen LogP contribution in [0.5, 0.6) is 0 Å². The maximum atomic E-state index is 12.9. The second-order valence-electron chi connectivity index (χ2n) is 22.2. The second kappa shape index (κ2) is 18.2. The zero-order chi connectivity index (χ0) is 46.7. The van der Waals surface area contributed by atoms with Crippen LogP contribution in [0, 0.1) is 52.3 Å². The summed E-state index contributed by atoms with van der Waals surface area (Å²) in [6.07, 6.45) is -15.2. The molecule has 18 nitrogen and oxygen atoms in total. The monoisotopic (exact) mass is 929 g/mol. The molecule has 1 spiro atoms. The summed E-state index contributed by atoms with van der Waals surface area (Å²) in [7, 11) is 0. The van der Waals surface area contributed by atoms with Crippen molar-refractivity contribution in [3.05, 3.63) is 0 Å². The molecule has 4 aliphatic carbocycles. The molecule has 0 aromatic carbocycles. The van der Waals surface area contributed by atoms with E-state index >= 15 is 0 Å². The molecule has 65 heavy (non-hydrogen) atoms. The van der Waals surface area contributed by atoms with Crippen LogP contribution in [0.15, 0.2) is 0 Å². The number of aliphatic hydroxyl groups excluding tert-OH is 8. The summed E-state index contributed by atoms with van der Waals surface area (Å²) in [5.74, 6) is 1.37. The molecule has 8 N–H and O–H groups in total. The van der Waals surface area contributed by atoms with E-state index in [4.69, 9.17) is 42.6 Å². The van der Waals surface area contributed by atoms with E-state index in [0.29, 0.717) is 42.4 Å². The Kier molecular flexibility index (Phi) is 13.7. The molecule has 4 saturated carbocycles. The third-order valence-corrected chi connectivity index (χ3v) is 18.5. The molecule has 5 heterocycles. The molecule has 18 heteroatoms. The van der Waals surface area contributed by atoms with Crippen LogP contribution >= 0.6 is 0 Å². The highest BCUT2D eigenvalue weighted by Crippen LogP contribution is 2.71. The second-order valence-corrected chi connectivity index (χ2v) is 22.2. The van der Waals surface area contributed by atoms with E-state index in [2.05, 4.69) is 27.7 Å². The fraction of sp³-hybridized carbons (Fsp3) is 0.979. The molecule has 28 atom stereocenters. The largest absolute Gasteiger partial charge is 0.462 e. The minimum absolute atomic E-state index is 0.0620. The highest BCUT2D eigenvalue weighted by molar-refractivity contribution is 5.66. The van der Waals surface area contributed by atoms with Gasteiger partial charge in [0.25, 0.3) is 0 Å². The van der Waals surface area contributed by atoms with Crippen LogP contribution in [0.3, 0.4) is 0 Å². The summed E-state index contributed by atoms with van der Waals surface area (Å²) in [4.78, 5) is 12.9. The van der Waals surface area contributed by atoms with Gasteiger partial charge < -0.3 is 83.5 Å². The first-order valence-electron chi connectivity index (χ1n) is 24.5. The number of esters is 1. The quantitative estimate of drug-likeness (QED) is 0.124. The predicted octanol–water partition coefficient (Wildman–Crippen LogP) is 0.863. The van der Waals surface area contributed by atoms with Crippen LogP contribution in [0.25, 0.3) is 0 Å². The van der Waals surface area contributed by atoms with Gasteiger partial charge in [-0.3, -0.25) is 4.79 Å². The molecule has 9 aliphatic rings. The summed E-state index contributed by atoms with van der Waals surface area (Å²) < 4.78 is 56.6. The zero-order valence-electron chi connectivity index (χ0n) is 38.9. The van der Waals surface area contributed by atoms with Crippen molar-refractivity contribution < 1.29 is 88.3 Å². The number of carbonyl (C=O) groups excluding carboxylic acids is 1. The minimum atomic E-state index is -1.75. The first-order valence-corrected chi connectivity index (χ1v) is 24.5. The number of ether oxygens (including phenoxy) is 9. The lowest BCUT2D eigenvalue weighted by Crippen LogP contribution is -2.66. The third-order valence-electron chi connectivity index (χ3n) is 18.5. The van der Waals surface area contributed by atoms with Gasteiger partial charge in [-0.25, -0.2) is 0 Å². The Bertz CT molecular complexity index is 1680. The molecular formula is C47H76O18. The van der Waals surface area contributed by atoms with Crippen molar-refractivity contribution in [3.63, 3.8) is 0 Å². The fourth-order valence-electron chi connectivity index (χ4n) is 14.9. The summed E-state index contributed by atoms with van der Waals surface area (Å²) in [6.45, 7) is 13.9. The fourth-order valence-corrected chi connectivity index (χ4v) is 14.9. The standard InChI is InChI=1S/C47H76O18/c1-19-8-13-47(57-18-19)20(2)32-30(65-47)16-27-25-15-29(60-23(5)49)28-14-24(9-11-45(28,6)26(25)10-12-46(27,32)7)61-44-41(64-43-38(55)36(53)34(51)22(4)59-43)39(56)40(31(17-48)62-44)63-42-37(54)35(52)33(50)21(3)58-42/h19-22,24-44,48,50-56H,8-18H2,1-7H3/t19?,20-,21-,22-,24-,25?,26?,27?,28+,29-,30?,31+,32?,33-,34-,35+,36+,37+,38+,39-,40+,41+,42-,43-,44+,45+,46-,47?/m0/s1. The average molecular weight is 929 g/mol. The minimum Gasteiger partial charge on any atom is -0.462 e. The average Bonchev–Trinajstić information content (AvgIpc) is 3.72. The smallest absolute Gasteiger partial charge is 0.302 e. The summed E-state index contributed by atoms with van der Waals surface area (Å²) in [5.41, 5.74) is -0.135. The van der Waals surface area contributed by atoms with Crippen molar-refractivity contribution >= 4 is 5.97 Å². The van der Waals surface area contributed by atoms with E-state index in [1.165, 1.54) is 20.8 Å². The molecule has 0 aromatic rings. The van der Waals surface area contributed by atoms with Crippen LogP contribution in [-0.2, 0) is 47.4 Å². The Morgan fingerprint density at radius 1 is 0.646 bits per heavy atom. The maximum Gasteiger partial charge on any atom is 0.302 e. The number of hydrogen-bond acceptors (Lipinski definition) is 18. The number of aliphatic hydroxyl groups is 8. The van der Waals surface area contributed by atoms with Crippen LogP contribution in [0.4, 0.5) is 0 Å². The molecule has 372 valence electrons. The third kappa shape index (κ3) is 8.25. The summed E-state index contributed by atoms with van der Waals surface area (Å²) >= 11 is 0. The van der Waals surface area contributed by atoms with Crippen molar-refractivity contribution in [3.8, 4) is 0 Å². The van der Waals surface area contributed by atoms with Crippen molar-refractivity contribution in [2.24, 2.45) is 52.3 Å². The number of carbonyl (C=O) groups is 1. The van der Waals surface area contributed by atoms with Crippen molar-refractivity contribution in [1.29, 1.82) is 0 Å². The Labute approximate surface area is 381 Å². The molecule has 5 aliphatic heterocycles. The Morgan fingerprint density at radius 2 is 1.28 bits per heavy atom. The van der Waals surface area contributed by atoms with Gasteiger partial charge in [0.05, 0.1) is 37.6 Å². The normalized spacial score (nSPS) is 57.8. The van der Waals surface area contributed by atoms with Crippen molar-refractivity contribution in [1.82, 2.24) is 0 Å². The van der Waals surface area contributed by atoms with Crippen LogP contribution in [-0.4, -0.2) is 176 Å². The van der Waals surface area contributed by atoms with E-state index < -0.39 is 111 Å². The molecule has 7 unspecified atom stereocenters. The van der Waals surface area contributed by atoms with Gasteiger partial charge in [-0.05, 0) is 106 Å². The molecular weight excluding hydrogens is 852 g/mol. The SMILES string of the molecule is CC(=O)O[C@H]1CC2C3CC4OC5(CCC(C)CO5)[C@@H](C)C4[C@@]3(C)CCC2[C@@]2(C)CC[C@H](O[C@@H]3O[C@H](CO)[C@@H](O[C@@H]4O[C@@H](C)[C@H](O)[C@@H](O)[C@H]4O)[C@H](O)[C@H]3O[C@@H]3O[C@@H](C)[C@H](O)[C@@H](O)[C@H]3O)C[C@H]12. The molecule has 0 amide bonds. The predicted molar refractivity (Wildman–Crippen MR) is 224 cm³/mol. The molecule has 5 saturated heterocycles. The van der Waals surface area contributed by atoms with Crippen molar-refractivity contribution in [2.45, 2.75) is 222 Å². The maximum absolute atomic E-state index is 12.9. The summed E-state index contributed by atoms with van der Waals surface area (Å²) in [6, 6.07) is 0. The first-order chi connectivity index (χ1) is 30.7.